The highest BCUT2D eigenvalue weighted by atomic mass is 32.2. The fraction of sp³-hybridized carbons (Fsp3) is 0.692. The molecular weight excluding hydrogens is 278 g/mol. The molecule has 0 spiro atoms. The van der Waals surface area contributed by atoms with Crippen LogP contribution in [-0.4, -0.2) is 60.0 Å². The summed E-state index contributed by atoms with van der Waals surface area (Å²) in [5, 5.41) is 9.29. The van der Waals surface area contributed by atoms with Crippen molar-refractivity contribution in [1.29, 1.82) is 0 Å². The van der Waals surface area contributed by atoms with E-state index in [0.29, 0.717) is 18.8 Å². The van der Waals surface area contributed by atoms with Gasteiger partial charge in [-0.3, -0.25) is 0 Å². The van der Waals surface area contributed by atoms with Crippen molar-refractivity contribution in [3.63, 3.8) is 0 Å². The van der Waals surface area contributed by atoms with Gasteiger partial charge in [0.1, 0.15) is 4.90 Å². The first-order chi connectivity index (χ1) is 9.40. The zero-order chi connectivity index (χ0) is 14.9. The maximum absolute atomic E-state index is 12.7. The molecule has 0 radical (unpaired) electrons. The van der Waals surface area contributed by atoms with Gasteiger partial charge < -0.3 is 14.6 Å². The van der Waals surface area contributed by atoms with Crippen molar-refractivity contribution in [2.24, 2.45) is 0 Å². The van der Waals surface area contributed by atoms with E-state index >= 15 is 0 Å². The molecule has 0 amide bonds. The molecule has 2 rings (SSSR count). The van der Waals surface area contributed by atoms with Gasteiger partial charge in [-0.2, -0.15) is 4.31 Å². The average molecular weight is 301 g/mol. The number of aryl methyl sites for hydroxylation is 1. The van der Waals surface area contributed by atoms with Gasteiger partial charge >= 0.3 is 0 Å². The maximum atomic E-state index is 12.7. The van der Waals surface area contributed by atoms with Gasteiger partial charge in [-0.05, 0) is 27.0 Å². The van der Waals surface area contributed by atoms with Crippen LogP contribution in [0.25, 0.3) is 0 Å². The number of aliphatic hydroxyl groups is 1. The lowest BCUT2D eigenvalue weighted by molar-refractivity contribution is 0.170. The summed E-state index contributed by atoms with van der Waals surface area (Å²) in [6.07, 6.45) is 1.62. The molecule has 7 heteroatoms. The van der Waals surface area contributed by atoms with Gasteiger partial charge in [-0.1, -0.05) is 0 Å². The number of hydrogen-bond donors (Lipinski definition) is 1. The summed E-state index contributed by atoms with van der Waals surface area (Å²) in [6, 6.07) is 1.53. The lowest BCUT2D eigenvalue weighted by Gasteiger charge is -2.36. The normalized spacial score (nSPS) is 22.3. The van der Waals surface area contributed by atoms with Gasteiger partial charge in [-0.15, -0.1) is 0 Å². The van der Waals surface area contributed by atoms with Crippen molar-refractivity contribution in [3.05, 3.63) is 18.0 Å². The topological polar surface area (TPSA) is 65.8 Å². The van der Waals surface area contributed by atoms with Gasteiger partial charge in [0.15, 0.2) is 0 Å². The second-order valence-corrected chi connectivity index (χ2v) is 7.23. The van der Waals surface area contributed by atoms with E-state index in [-0.39, 0.29) is 17.5 Å². The highest BCUT2D eigenvalue weighted by Gasteiger charge is 2.33. The largest absolute Gasteiger partial charge is 0.390 e. The Bertz CT molecular complexity index is 546. The smallest absolute Gasteiger partial charge is 0.244 e. The Morgan fingerprint density at radius 3 is 2.60 bits per heavy atom. The fourth-order valence-corrected chi connectivity index (χ4v) is 4.39. The minimum atomic E-state index is -3.48. The highest BCUT2D eigenvalue weighted by Crippen LogP contribution is 2.23. The van der Waals surface area contributed by atoms with Crippen molar-refractivity contribution >= 4 is 10.0 Å². The van der Waals surface area contributed by atoms with Crippen molar-refractivity contribution in [2.45, 2.75) is 37.9 Å². The molecule has 1 atom stereocenters. The van der Waals surface area contributed by atoms with Gasteiger partial charge in [0.05, 0.1) is 6.61 Å². The lowest BCUT2D eigenvalue weighted by Crippen LogP contribution is -2.52. The van der Waals surface area contributed by atoms with Crippen LogP contribution < -0.4 is 0 Å². The SMILES string of the molecule is CCn1cc(S(=O)(=O)N2CCN(C)CC2C)cc1CO. The molecule has 0 aromatic carbocycles. The summed E-state index contributed by atoms with van der Waals surface area (Å²) in [4.78, 5) is 2.41. The van der Waals surface area contributed by atoms with Gasteiger partial charge in [0.25, 0.3) is 0 Å². The Hall–Kier alpha value is -0.890. The van der Waals surface area contributed by atoms with E-state index < -0.39 is 10.0 Å². The summed E-state index contributed by atoms with van der Waals surface area (Å²) in [7, 11) is -1.48. The van der Waals surface area contributed by atoms with Crippen LogP contribution in [0, 0.1) is 0 Å². The molecule has 1 fully saturated rings. The molecular formula is C13H23N3O3S. The van der Waals surface area contributed by atoms with Gasteiger partial charge in [0, 0.05) is 44.1 Å². The molecule has 2 heterocycles. The Morgan fingerprint density at radius 2 is 2.10 bits per heavy atom. The van der Waals surface area contributed by atoms with Gasteiger partial charge in [0.2, 0.25) is 10.0 Å². The maximum Gasteiger partial charge on any atom is 0.244 e. The molecule has 1 aromatic heterocycles. The minimum Gasteiger partial charge on any atom is -0.390 e. The summed E-state index contributed by atoms with van der Waals surface area (Å²) in [5.41, 5.74) is 0.632. The van der Waals surface area contributed by atoms with E-state index in [0.717, 1.165) is 13.1 Å². The molecule has 1 N–H and O–H groups in total. The van der Waals surface area contributed by atoms with Crippen molar-refractivity contribution in [1.82, 2.24) is 13.8 Å². The van der Waals surface area contributed by atoms with Crippen LogP contribution in [-0.2, 0) is 23.2 Å². The van der Waals surface area contributed by atoms with Crippen LogP contribution in [0.1, 0.15) is 19.5 Å². The summed E-state index contributed by atoms with van der Waals surface area (Å²) >= 11 is 0. The minimum absolute atomic E-state index is 0.0405. The van der Waals surface area contributed by atoms with Crippen LogP contribution >= 0.6 is 0 Å². The number of likely N-dealkylation sites (N-methyl/N-ethyl adjacent to an activating group) is 1. The first kappa shape index (κ1) is 15.5. The zero-order valence-electron chi connectivity index (χ0n) is 12.3. The Labute approximate surface area is 120 Å². The fourth-order valence-electron chi connectivity index (χ4n) is 2.71. The third-order valence-electron chi connectivity index (χ3n) is 3.84. The monoisotopic (exact) mass is 301 g/mol. The number of nitrogens with zero attached hydrogens (tertiary/aromatic N) is 3. The number of aromatic nitrogens is 1. The van der Waals surface area contributed by atoms with Crippen molar-refractivity contribution in [2.75, 3.05) is 26.7 Å². The van der Waals surface area contributed by atoms with E-state index in [9.17, 15) is 13.5 Å². The summed E-state index contributed by atoms with van der Waals surface area (Å²) in [6.45, 7) is 6.33. The second-order valence-electron chi connectivity index (χ2n) is 5.34. The number of sulfonamides is 1. The van der Waals surface area contributed by atoms with E-state index in [1.54, 1.807) is 21.1 Å². The summed E-state index contributed by atoms with van der Waals surface area (Å²) < 4.78 is 28.8. The predicted molar refractivity (Wildman–Crippen MR) is 76.9 cm³/mol. The van der Waals surface area contributed by atoms with E-state index in [2.05, 4.69) is 4.90 Å². The second kappa shape index (κ2) is 5.85. The molecule has 1 unspecified atom stereocenters. The van der Waals surface area contributed by atoms with Crippen LogP contribution in [0.5, 0.6) is 0 Å². The highest BCUT2D eigenvalue weighted by molar-refractivity contribution is 7.89. The third-order valence-corrected chi connectivity index (χ3v) is 5.82. The van der Waals surface area contributed by atoms with Crippen LogP contribution in [0.4, 0.5) is 0 Å². The molecule has 1 aromatic rings. The molecule has 1 saturated heterocycles. The lowest BCUT2D eigenvalue weighted by atomic mass is 10.2. The molecule has 114 valence electrons. The van der Waals surface area contributed by atoms with Crippen molar-refractivity contribution in [3.8, 4) is 0 Å². The zero-order valence-corrected chi connectivity index (χ0v) is 13.1. The number of aliphatic hydroxyl groups excluding tert-OH is 1. The molecule has 0 aliphatic carbocycles. The van der Waals surface area contributed by atoms with Crippen LogP contribution in [0.2, 0.25) is 0 Å². The van der Waals surface area contributed by atoms with Crippen LogP contribution in [0.15, 0.2) is 17.2 Å². The number of hydrogen-bond acceptors (Lipinski definition) is 4. The van der Waals surface area contributed by atoms with E-state index in [1.807, 2.05) is 20.9 Å². The number of rotatable bonds is 4. The molecule has 1 aliphatic rings. The molecule has 20 heavy (non-hydrogen) atoms. The molecule has 6 nitrogen and oxygen atoms in total. The van der Waals surface area contributed by atoms with Gasteiger partial charge in [-0.25, -0.2) is 8.42 Å². The Morgan fingerprint density at radius 1 is 1.40 bits per heavy atom. The Kier molecular flexibility index (Phi) is 4.53. The average Bonchev–Trinajstić information content (AvgIpc) is 2.82. The molecule has 0 saturated carbocycles. The predicted octanol–water partition coefficient (Wildman–Crippen LogP) is 0.325. The Balaban J connectivity index is 2.32. The van der Waals surface area contributed by atoms with E-state index in [4.69, 9.17) is 0 Å². The standard InChI is InChI=1S/C13H23N3O3S/c1-4-15-9-13(7-12(15)10-17)20(18,19)16-6-5-14(3)8-11(16)2/h7,9,11,17H,4-6,8,10H2,1-3H3. The quantitative estimate of drug-likeness (QED) is 0.870. The number of piperazine rings is 1. The molecule has 1 aliphatic heterocycles. The third kappa shape index (κ3) is 2.76. The van der Waals surface area contributed by atoms with Crippen LogP contribution in [0.3, 0.4) is 0 Å². The van der Waals surface area contributed by atoms with Crippen molar-refractivity contribution < 1.29 is 13.5 Å². The first-order valence-electron chi connectivity index (χ1n) is 6.90. The molecule has 0 bridgehead atoms. The summed E-state index contributed by atoms with van der Waals surface area (Å²) in [5.74, 6) is 0. The van der Waals surface area contributed by atoms with E-state index in [1.165, 1.54) is 0 Å². The first-order valence-corrected chi connectivity index (χ1v) is 8.34.